The molecule has 0 fully saturated rings. The zero-order valence-electron chi connectivity index (χ0n) is 6.78. The summed E-state index contributed by atoms with van der Waals surface area (Å²) in [4.78, 5) is 3.70. The van der Waals surface area contributed by atoms with Crippen molar-refractivity contribution in [2.75, 3.05) is 0 Å². The highest BCUT2D eigenvalue weighted by molar-refractivity contribution is 5.23. The Balaban J connectivity index is 0.000000461. The Morgan fingerprint density at radius 3 is 2.45 bits per heavy atom. The lowest BCUT2D eigenvalue weighted by Crippen LogP contribution is -1.86. The third-order valence-electron chi connectivity index (χ3n) is 1.02. The van der Waals surface area contributed by atoms with Crippen LogP contribution in [0.25, 0.3) is 0 Å². The fraction of sp³-hybridized carbons (Fsp3) is 0.375. The van der Waals surface area contributed by atoms with E-state index < -0.39 is 0 Å². The van der Waals surface area contributed by atoms with Gasteiger partial charge in [-0.1, -0.05) is 13.8 Å². The molecule has 3 heteroatoms. The van der Waals surface area contributed by atoms with Crippen LogP contribution < -0.4 is 0 Å². The van der Waals surface area contributed by atoms with E-state index in [4.69, 9.17) is 10.2 Å². The molecular formula is C8H13NO2. The third kappa shape index (κ3) is 3.00. The maximum Gasteiger partial charge on any atom is 0.139 e. The number of aliphatic hydroxyl groups excluding tert-OH is 1. The Morgan fingerprint density at radius 2 is 2.09 bits per heavy atom. The Hall–Kier alpha value is -1.09. The van der Waals surface area contributed by atoms with Crippen LogP contribution >= 0.6 is 0 Å². The first-order chi connectivity index (χ1) is 5.34. The average Bonchev–Trinajstić information content (AvgIpc) is 2.09. The molecule has 0 aliphatic rings. The molecule has 2 N–H and O–H groups in total. The molecule has 0 aliphatic heterocycles. The highest BCUT2D eigenvalue weighted by Gasteiger charge is 1.95. The van der Waals surface area contributed by atoms with Crippen molar-refractivity contribution in [3.63, 3.8) is 0 Å². The summed E-state index contributed by atoms with van der Waals surface area (Å²) >= 11 is 0. The van der Waals surface area contributed by atoms with Crippen molar-refractivity contribution in [3.8, 4) is 5.75 Å². The summed E-state index contributed by atoms with van der Waals surface area (Å²) in [6.07, 6.45) is 1.52. The largest absolute Gasteiger partial charge is 0.506 e. The maximum absolute atomic E-state index is 8.89. The maximum atomic E-state index is 8.89. The van der Waals surface area contributed by atoms with Crippen LogP contribution in [-0.4, -0.2) is 15.2 Å². The van der Waals surface area contributed by atoms with Crippen molar-refractivity contribution in [1.82, 2.24) is 4.98 Å². The predicted molar refractivity (Wildman–Crippen MR) is 43.2 cm³/mol. The molecule has 0 saturated carbocycles. The molecule has 62 valence electrons. The van der Waals surface area contributed by atoms with Crippen molar-refractivity contribution in [1.29, 1.82) is 0 Å². The topological polar surface area (TPSA) is 53.4 Å². The molecule has 0 bridgehead atoms. The van der Waals surface area contributed by atoms with Crippen LogP contribution in [0.4, 0.5) is 0 Å². The van der Waals surface area contributed by atoms with Crippen molar-refractivity contribution in [2.24, 2.45) is 0 Å². The van der Waals surface area contributed by atoms with Crippen LogP contribution in [0.3, 0.4) is 0 Å². The molecule has 1 rings (SSSR count). The van der Waals surface area contributed by atoms with E-state index in [0.717, 1.165) is 0 Å². The smallest absolute Gasteiger partial charge is 0.139 e. The molecule has 1 aromatic heterocycles. The van der Waals surface area contributed by atoms with E-state index in [1.165, 1.54) is 12.3 Å². The number of hydrogen-bond acceptors (Lipinski definition) is 3. The Bertz CT molecular complexity index is 201. The van der Waals surface area contributed by atoms with E-state index in [1.54, 1.807) is 6.07 Å². The van der Waals surface area contributed by atoms with Crippen molar-refractivity contribution in [2.45, 2.75) is 20.5 Å². The van der Waals surface area contributed by atoms with Crippen LogP contribution in [0, 0.1) is 0 Å². The molecule has 0 amide bonds. The van der Waals surface area contributed by atoms with Crippen molar-refractivity contribution >= 4 is 0 Å². The van der Waals surface area contributed by atoms with Gasteiger partial charge in [-0.05, 0) is 12.1 Å². The van der Waals surface area contributed by atoms with E-state index in [1.807, 2.05) is 13.8 Å². The summed E-state index contributed by atoms with van der Waals surface area (Å²) < 4.78 is 0. The van der Waals surface area contributed by atoms with Crippen molar-refractivity contribution < 1.29 is 10.2 Å². The van der Waals surface area contributed by atoms with E-state index in [0.29, 0.717) is 5.69 Å². The van der Waals surface area contributed by atoms with Gasteiger partial charge in [-0.25, -0.2) is 0 Å². The average molecular weight is 155 g/mol. The van der Waals surface area contributed by atoms with Gasteiger partial charge >= 0.3 is 0 Å². The second kappa shape index (κ2) is 5.68. The minimum Gasteiger partial charge on any atom is -0.506 e. The van der Waals surface area contributed by atoms with E-state index in [-0.39, 0.29) is 12.4 Å². The Morgan fingerprint density at radius 1 is 1.45 bits per heavy atom. The minimum absolute atomic E-state index is 0.0417. The third-order valence-corrected chi connectivity index (χ3v) is 1.02. The van der Waals surface area contributed by atoms with Gasteiger partial charge in [0.2, 0.25) is 0 Å². The monoisotopic (exact) mass is 155 g/mol. The Kier molecular flexibility index (Phi) is 5.11. The fourth-order valence-electron chi connectivity index (χ4n) is 0.551. The number of aliphatic hydroxyl groups is 1. The van der Waals surface area contributed by atoms with Crippen LogP contribution in [0.1, 0.15) is 19.5 Å². The number of aromatic nitrogens is 1. The van der Waals surface area contributed by atoms with Gasteiger partial charge in [0, 0.05) is 6.20 Å². The molecule has 3 nitrogen and oxygen atoms in total. The zero-order chi connectivity index (χ0) is 8.69. The summed E-state index contributed by atoms with van der Waals surface area (Å²) in [5.74, 6) is 0.0417. The van der Waals surface area contributed by atoms with E-state index in [2.05, 4.69) is 4.98 Å². The highest BCUT2D eigenvalue weighted by atomic mass is 16.3. The van der Waals surface area contributed by atoms with Gasteiger partial charge in [-0.3, -0.25) is 4.98 Å². The normalized spacial score (nSPS) is 8.27. The van der Waals surface area contributed by atoms with E-state index >= 15 is 0 Å². The number of pyridine rings is 1. The number of aromatic hydroxyl groups is 1. The fourth-order valence-corrected chi connectivity index (χ4v) is 0.551. The SMILES string of the molecule is CC.OCc1ncccc1O. The summed E-state index contributed by atoms with van der Waals surface area (Å²) in [7, 11) is 0. The molecular weight excluding hydrogens is 142 g/mol. The first kappa shape index (κ1) is 9.91. The molecule has 0 aliphatic carbocycles. The van der Waals surface area contributed by atoms with Crippen molar-refractivity contribution in [3.05, 3.63) is 24.0 Å². The lowest BCUT2D eigenvalue weighted by molar-refractivity contribution is 0.270. The quantitative estimate of drug-likeness (QED) is 0.642. The first-order valence-corrected chi connectivity index (χ1v) is 3.58. The van der Waals surface area contributed by atoms with Crippen LogP contribution in [0.2, 0.25) is 0 Å². The molecule has 1 aromatic rings. The molecule has 1 heterocycles. The van der Waals surface area contributed by atoms with Gasteiger partial charge in [-0.15, -0.1) is 0 Å². The van der Waals surface area contributed by atoms with Gasteiger partial charge < -0.3 is 10.2 Å². The molecule has 0 radical (unpaired) electrons. The lowest BCUT2D eigenvalue weighted by Gasteiger charge is -1.95. The summed E-state index contributed by atoms with van der Waals surface area (Å²) in [5.41, 5.74) is 0.317. The minimum atomic E-state index is -0.216. The molecule has 0 saturated heterocycles. The Labute approximate surface area is 66.3 Å². The lowest BCUT2D eigenvalue weighted by atomic mass is 10.3. The van der Waals surface area contributed by atoms with Crippen LogP contribution in [-0.2, 0) is 6.61 Å². The molecule has 0 atom stereocenters. The van der Waals surface area contributed by atoms with Crippen LogP contribution in [0.5, 0.6) is 5.75 Å². The van der Waals surface area contributed by atoms with Gasteiger partial charge in [0.1, 0.15) is 11.4 Å². The van der Waals surface area contributed by atoms with Gasteiger partial charge in [0.05, 0.1) is 6.61 Å². The number of hydrogen-bond donors (Lipinski definition) is 2. The van der Waals surface area contributed by atoms with Gasteiger partial charge in [0.25, 0.3) is 0 Å². The molecule has 0 aromatic carbocycles. The molecule has 0 unspecified atom stereocenters. The van der Waals surface area contributed by atoms with Crippen LogP contribution in [0.15, 0.2) is 18.3 Å². The second-order valence-electron chi connectivity index (χ2n) is 1.63. The zero-order valence-corrected chi connectivity index (χ0v) is 6.78. The second-order valence-corrected chi connectivity index (χ2v) is 1.63. The highest BCUT2D eigenvalue weighted by Crippen LogP contribution is 2.10. The van der Waals surface area contributed by atoms with Gasteiger partial charge in [-0.2, -0.15) is 0 Å². The standard InChI is InChI=1S/C6H7NO2.C2H6/c8-4-5-6(9)2-1-3-7-5;1-2/h1-3,8-9H,4H2;1-2H3. The van der Waals surface area contributed by atoms with Gasteiger partial charge in [0.15, 0.2) is 0 Å². The number of rotatable bonds is 1. The number of nitrogens with zero attached hydrogens (tertiary/aromatic N) is 1. The summed E-state index contributed by atoms with van der Waals surface area (Å²) in [6.45, 7) is 3.78. The molecule has 0 spiro atoms. The summed E-state index contributed by atoms with van der Waals surface area (Å²) in [6, 6.07) is 3.09. The molecule has 11 heavy (non-hydrogen) atoms. The van der Waals surface area contributed by atoms with E-state index in [9.17, 15) is 0 Å². The summed E-state index contributed by atoms with van der Waals surface area (Å²) in [5, 5.41) is 17.4. The predicted octanol–water partition coefficient (Wildman–Crippen LogP) is 1.31. The first-order valence-electron chi connectivity index (χ1n) is 3.58.